The molecule has 2 aromatic rings. The summed E-state index contributed by atoms with van der Waals surface area (Å²) in [4.78, 5) is 15.8. The Labute approximate surface area is 104 Å². The number of hydrogen-bond acceptors (Lipinski definition) is 3. The maximum Gasteiger partial charge on any atom is 0.251 e. The molecule has 0 aliphatic carbocycles. The number of oxazole rings is 1. The van der Waals surface area contributed by atoms with Gasteiger partial charge in [-0.15, -0.1) is 0 Å². The number of halogens is 1. The molecule has 1 aromatic carbocycles. The number of carbonyl (C=O) groups excluding carboxylic acids is 1. The van der Waals surface area contributed by atoms with E-state index in [0.29, 0.717) is 24.4 Å². The largest absolute Gasteiger partial charge is 0.449 e. The molecule has 0 saturated carbocycles. The number of amides is 1. The van der Waals surface area contributed by atoms with Crippen LogP contribution in [0.1, 0.15) is 21.9 Å². The molecule has 2 rings (SSSR count). The van der Waals surface area contributed by atoms with Gasteiger partial charge in [-0.25, -0.2) is 9.37 Å². The maximum atomic E-state index is 12.7. The first-order chi connectivity index (χ1) is 8.65. The smallest absolute Gasteiger partial charge is 0.251 e. The van der Waals surface area contributed by atoms with Gasteiger partial charge in [0.25, 0.3) is 5.91 Å². The number of hydrogen-bond donors (Lipinski definition) is 1. The Hall–Kier alpha value is -2.17. The maximum absolute atomic E-state index is 12.7. The molecule has 0 unspecified atom stereocenters. The monoisotopic (exact) mass is 248 g/mol. The van der Waals surface area contributed by atoms with Crippen molar-refractivity contribution in [3.8, 4) is 0 Å². The van der Waals surface area contributed by atoms with Crippen LogP contribution in [0.3, 0.4) is 0 Å². The third kappa shape index (κ3) is 3.16. The van der Waals surface area contributed by atoms with Gasteiger partial charge in [0.2, 0.25) is 0 Å². The minimum absolute atomic E-state index is 0.227. The van der Waals surface area contributed by atoms with Gasteiger partial charge in [-0.1, -0.05) is 0 Å². The topological polar surface area (TPSA) is 55.1 Å². The van der Waals surface area contributed by atoms with E-state index in [1.165, 1.54) is 24.3 Å². The summed E-state index contributed by atoms with van der Waals surface area (Å²) in [6.45, 7) is 2.22. The van der Waals surface area contributed by atoms with Crippen LogP contribution in [0.2, 0.25) is 0 Å². The number of benzene rings is 1. The molecule has 1 heterocycles. The van der Waals surface area contributed by atoms with Crippen molar-refractivity contribution in [2.24, 2.45) is 0 Å². The standard InChI is InChI=1S/C13H13FN2O2/c1-9-16-12(8-18-9)6-7-15-13(17)10-2-4-11(14)5-3-10/h2-5,8H,6-7H2,1H3,(H,15,17). The average Bonchev–Trinajstić information content (AvgIpc) is 2.76. The minimum Gasteiger partial charge on any atom is -0.449 e. The van der Waals surface area contributed by atoms with Crippen molar-refractivity contribution < 1.29 is 13.6 Å². The Balaban J connectivity index is 1.83. The molecule has 4 nitrogen and oxygen atoms in total. The van der Waals surface area contributed by atoms with Crippen molar-refractivity contribution in [1.29, 1.82) is 0 Å². The van der Waals surface area contributed by atoms with Gasteiger partial charge < -0.3 is 9.73 Å². The molecule has 0 fully saturated rings. The van der Waals surface area contributed by atoms with E-state index in [0.717, 1.165) is 5.69 Å². The first kappa shape index (κ1) is 12.3. The number of carbonyl (C=O) groups is 1. The summed E-state index contributed by atoms with van der Waals surface area (Å²) in [5.74, 6) is 0.0229. The van der Waals surface area contributed by atoms with Gasteiger partial charge in [0.05, 0.1) is 5.69 Å². The predicted molar refractivity (Wildman–Crippen MR) is 63.7 cm³/mol. The van der Waals surface area contributed by atoms with Crippen LogP contribution in [0, 0.1) is 12.7 Å². The Kier molecular flexibility index (Phi) is 3.72. The van der Waals surface area contributed by atoms with Gasteiger partial charge in [-0.05, 0) is 24.3 Å². The lowest BCUT2D eigenvalue weighted by molar-refractivity contribution is 0.0954. The van der Waals surface area contributed by atoms with Crippen molar-refractivity contribution in [2.45, 2.75) is 13.3 Å². The van der Waals surface area contributed by atoms with Crippen LogP contribution < -0.4 is 5.32 Å². The zero-order valence-corrected chi connectivity index (χ0v) is 9.94. The number of nitrogens with zero attached hydrogens (tertiary/aromatic N) is 1. The molecular weight excluding hydrogens is 235 g/mol. The summed E-state index contributed by atoms with van der Waals surface area (Å²) in [6, 6.07) is 5.42. The molecule has 18 heavy (non-hydrogen) atoms. The molecule has 0 bridgehead atoms. The molecule has 0 radical (unpaired) electrons. The SMILES string of the molecule is Cc1nc(CCNC(=O)c2ccc(F)cc2)co1. The fraction of sp³-hybridized carbons (Fsp3) is 0.231. The minimum atomic E-state index is -0.357. The van der Waals surface area contributed by atoms with Crippen molar-refractivity contribution in [3.05, 3.63) is 53.5 Å². The van der Waals surface area contributed by atoms with Crippen LogP contribution in [-0.2, 0) is 6.42 Å². The molecule has 0 aliphatic rings. The Morgan fingerprint density at radius 1 is 1.39 bits per heavy atom. The quantitative estimate of drug-likeness (QED) is 0.901. The van der Waals surface area contributed by atoms with Gasteiger partial charge >= 0.3 is 0 Å². The number of rotatable bonds is 4. The number of aromatic nitrogens is 1. The van der Waals surface area contributed by atoms with Crippen LogP contribution in [-0.4, -0.2) is 17.4 Å². The lowest BCUT2D eigenvalue weighted by Crippen LogP contribution is -2.25. The highest BCUT2D eigenvalue weighted by atomic mass is 19.1. The molecule has 1 amide bonds. The first-order valence-electron chi connectivity index (χ1n) is 5.60. The zero-order chi connectivity index (χ0) is 13.0. The zero-order valence-electron chi connectivity index (χ0n) is 9.94. The molecular formula is C13H13FN2O2. The van der Waals surface area contributed by atoms with E-state index >= 15 is 0 Å². The van der Waals surface area contributed by atoms with E-state index in [2.05, 4.69) is 10.3 Å². The molecule has 0 saturated heterocycles. The van der Waals surface area contributed by atoms with E-state index < -0.39 is 0 Å². The van der Waals surface area contributed by atoms with Gasteiger partial charge in [0, 0.05) is 25.5 Å². The highest BCUT2D eigenvalue weighted by Crippen LogP contribution is 2.03. The van der Waals surface area contributed by atoms with Crippen LogP contribution in [0.25, 0.3) is 0 Å². The number of nitrogens with one attached hydrogen (secondary N) is 1. The number of aryl methyl sites for hydroxylation is 1. The van der Waals surface area contributed by atoms with E-state index in [1.54, 1.807) is 13.2 Å². The fourth-order valence-corrected chi connectivity index (χ4v) is 1.53. The van der Waals surface area contributed by atoms with Gasteiger partial charge in [-0.3, -0.25) is 4.79 Å². The Morgan fingerprint density at radius 3 is 2.72 bits per heavy atom. The Bertz CT molecular complexity index is 534. The lowest BCUT2D eigenvalue weighted by Gasteiger charge is -2.03. The highest BCUT2D eigenvalue weighted by molar-refractivity contribution is 5.94. The molecule has 5 heteroatoms. The molecule has 0 aliphatic heterocycles. The normalized spacial score (nSPS) is 10.3. The summed E-state index contributed by atoms with van der Waals surface area (Å²) in [5, 5.41) is 2.73. The van der Waals surface area contributed by atoms with Gasteiger partial charge in [-0.2, -0.15) is 0 Å². The van der Waals surface area contributed by atoms with Crippen LogP contribution in [0.4, 0.5) is 4.39 Å². The van der Waals surface area contributed by atoms with Crippen LogP contribution in [0.5, 0.6) is 0 Å². The summed E-state index contributed by atoms with van der Waals surface area (Å²) in [6.07, 6.45) is 2.17. The van der Waals surface area contributed by atoms with Crippen molar-refractivity contribution >= 4 is 5.91 Å². The van der Waals surface area contributed by atoms with Crippen LogP contribution >= 0.6 is 0 Å². The van der Waals surface area contributed by atoms with Crippen molar-refractivity contribution in [3.63, 3.8) is 0 Å². The second-order valence-electron chi connectivity index (χ2n) is 3.87. The summed E-state index contributed by atoms with van der Waals surface area (Å²) in [7, 11) is 0. The predicted octanol–water partition coefficient (Wildman–Crippen LogP) is 2.09. The first-order valence-corrected chi connectivity index (χ1v) is 5.60. The summed E-state index contributed by atoms with van der Waals surface area (Å²) >= 11 is 0. The van der Waals surface area contributed by atoms with Crippen molar-refractivity contribution in [2.75, 3.05) is 6.54 Å². The molecule has 94 valence electrons. The van der Waals surface area contributed by atoms with Gasteiger partial charge in [0.1, 0.15) is 12.1 Å². The molecule has 0 atom stereocenters. The van der Waals surface area contributed by atoms with E-state index in [9.17, 15) is 9.18 Å². The van der Waals surface area contributed by atoms with Gasteiger partial charge in [0.15, 0.2) is 5.89 Å². The Morgan fingerprint density at radius 2 is 2.11 bits per heavy atom. The van der Waals surface area contributed by atoms with Crippen LogP contribution in [0.15, 0.2) is 34.9 Å². The lowest BCUT2D eigenvalue weighted by atomic mass is 10.2. The fourth-order valence-electron chi connectivity index (χ4n) is 1.53. The van der Waals surface area contributed by atoms with E-state index in [1.807, 2.05) is 0 Å². The summed E-state index contributed by atoms with van der Waals surface area (Å²) < 4.78 is 17.7. The summed E-state index contributed by atoms with van der Waals surface area (Å²) in [5.41, 5.74) is 1.24. The van der Waals surface area contributed by atoms with E-state index in [-0.39, 0.29) is 11.7 Å². The molecule has 1 N–H and O–H groups in total. The third-order valence-corrected chi connectivity index (χ3v) is 2.44. The average molecular weight is 248 g/mol. The highest BCUT2D eigenvalue weighted by Gasteiger charge is 2.05. The third-order valence-electron chi connectivity index (χ3n) is 2.44. The van der Waals surface area contributed by atoms with E-state index in [4.69, 9.17) is 4.42 Å². The van der Waals surface area contributed by atoms with Crippen molar-refractivity contribution in [1.82, 2.24) is 10.3 Å². The second kappa shape index (κ2) is 5.44. The molecule has 1 aromatic heterocycles. The second-order valence-corrected chi connectivity index (χ2v) is 3.87. The molecule has 0 spiro atoms.